The third-order valence-corrected chi connectivity index (χ3v) is 4.71. The zero-order valence-corrected chi connectivity index (χ0v) is 15.4. The summed E-state index contributed by atoms with van der Waals surface area (Å²) in [5.41, 5.74) is 4.13. The Morgan fingerprint density at radius 1 is 1.00 bits per heavy atom. The molecule has 4 rings (SSSR count). The van der Waals surface area contributed by atoms with Gasteiger partial charge in [0, 0.05) is 11.8 Å². The van der Waals surface area contributed by atoms with Crippen LogP contribution in [0.2, 0.25) is 0 Å². The van der Waals surface area contributed by atoms with Gasteiger partial charge in [-0.15, -0.1) is 0 Å². The third-order valence-electron chi connectivity index (χ3n) is 4.71. The van der Waals surface area contributed by atoms with Crippen molar-refractivity contribution in [1.82, 2.24) is 0 Å². The summed E-state index contributed by atoms with van der Waals surface area (Å²) in [5.74, 6) is 0.391. The Balaban J connectivity index is 1.27. The minimum absolute atomic E-state index is 0.332. The number of carbonyl (C=O) groups excluding carboxylic acids is 2. The van der Waals surface area contributed by atoms with Crippen molar-refractivity contribution in [3.8, 4) is 11.5 Å². The van der Waals surface area contributed by atoms with E-state index in [2.05, 4.69) is 5.32 Å². The number of ether oxygens (including phenoxy) is 3. The van der Waals surface area contributed by atoms with Crippen LogP contribution in [-0.4, -0.2) is 31.7 Å². The van der Waals surface area contributed by atoms with Crippen LogP contribution in [0, 0.1) is 0 Å². The smallest absolute Gasteiger partial charge is 0.331 e. The molecular formula is C22H21NO5. The van der Waals surface area contributed by atoms with Crippen molar-refractivity contribution in [3.05, 3.63) is 59.2 Å². The second-order valence-corrected chi connectivity index (χ2v) is 6.73. The molecule has 28 heavy (non-hydrogen) atoms. The second-order valence-electron chi connectivity index (χ2n) is 6.73. The van der Waals surface area contributed by atoms with Gasteiger partial charge >= 0.3 is 5.97 Å². The van der Waals surface area contributed by atoms with E-state index >= 15 is 0 Å². The minimum Gasteiger partial charge on any atom is -0.486 e. The number of amides is 1. The lowest BCUT2D eigenvalue weighted by atomic mass is 10.1. The first-order chi connectivity index (χ1) is 13.7. The third kappa shape index (κ3) is 4.34. The number of rotatable bonds is 5. The molecule has 0 saturated heterocycles. The van der Waals surface area contributed by atoms with Crippen molar-refractivity contribution in [2.75, 3.05) is 25.1 Å². The average Bonchev–Trinajstić information content (AvgIpc) is 3.18. The van der Waals surface area contributed by atoms with Crippen molar-refractivity contribution in [2.24, 2.45) is 0 Å². The topological polar surface area (TPSA) is 73.9 Å². The van der Waals surface area contributed by atoms with E-state index in [9.17, 15) is 9.59 Å². The van der Waals surface area contributed by atoms with Crippen LogP contribution in [0.25, 0.3) is 6.08 Å². The van der Waals surface area contributed by atoms with Crippen LogP contribution >= 0.6 is 0 Å². The first-order valence-electron chi connectivity index (χ1n) is 9.33. The van der Waals surface area contributed by atoms with E-state index < -0.39 is 5.97 Å². The maximum Gasteiger partial charge on any atom is 0.331 e. The Hall–Kier alpha value is -3.28. The molecule has 0 spiro atoms. The van der Waals surface area contributed by atoms with Crippen LogP contribution in [0.5, 0.6) is 11.5 Å². The van der Waals surface area contributed by atoms with Crippen LogP contribution in [0.1, 0.15) is 23.1 Å². The SMILES string of the molecule is O=C(COC(=O)/C=C/c1ccc2c(c1)OCCO2)Nc1ccc2c(c1)CCC2. The largest absolute Gasteiger partial charge is 0.486 e. The lowest BCUT2D eigenvalue weighted by Crippen LogP contribution is -2.20. The number of hydrogen-bond donors (Lipinski definition) is 1. The van der Waals surface area contributed by atoms with Crippen molar-refractivity contribution in [1.29, 1.82) is 0 Å². The number of esters is 1. The van der Waals surface area contributed by atoms with E-state index in [0.29, 0.717) is 24.7 Å². The molecule has 2 aromatic rings. The fourth-order valence-corrected chi connectivity index (χ4v) is 3.36. The summed E-state index contributed by atoms with van der Waals surface area (Å²) in [6.45, 7) is 0.699. The maximum absolute atomic E-state index is 12.0. The monoisotopic (exact) mass is 379 g/mol. The molecule has 0 radical (unpaired) electrons. The van der Waals surface area contributed by atoms with Gasteiger partial charge in [0.1, 0.15) is 13.2 Å². The normalized spacial score (nSPS) is 14.6. The molecule has 2 aromatic carbocycles. The van der Waals surface area contributed by atoms with Gasteiger partial charge < -0.3 is 19.5 Å². The summed E-state index contributed by atoms with van der Waals surface area (Å²) in [6, 6.07) is 11.3. The minimum atomic E-state index is -0.584. The van der Waals surface area contributed by atoms with Gasteiger partial charge in [0.25, 0.3) is 5.91 Å². The fraction of sp³-hybridized carbons (Fsp3) is 0.273. The Morgan fingerprint density at radius 3 is 2.71 bits per heavy atom. The Kier molecular flexibility index (Phi) is 5.28. The van der Waals surface area contributed by atoms with Gasteiger partial charge in [0.05, 0.1) is 0 Å². The van der Waals surface area contributed by atoms with Gasteiger partial charge in [-0.3, -0.25) is 4.79 Å². The number of anilines is 1. The van der Waals surface area contributed by atoms with Crippen LogP contribution in [0.3, 0.4) is 0 Å². The van der Waals surface area contributed by atoms with E-state index in [-0.39, 0.29) is 12.5 Å². The molecule has 144 valence electrons. The molecule has 0 bridgehead atoms. The predicted octanol–water partition coefficient (Wildman–Crippen LogP) is 3.14. The summed E-state index contributed by atoms with van der Waals surface area (Å²) in [7, 11) is 0. The zero-order chi connectivity index (χ0) is 19.3. The van der Waals surface area contributed by atoms with Gasteiger partial charge in [-0.2, -0.15) is 0 Å². The number of hydrogen-bond acceptors (Lipinski definition) is 5. The zero-order valence-electron chi connectivity index (χ0n) is 15.4. The lowest BCUT2D eigenvalue weighted by Gasteiger charge is -2.18. The highest BCUT2D eigenvalue weighted by atomic mass is 16.6. The first kappa shape index (κ1) is 18.1. The van der Waals surface area contributed by atoms with E-state index in [1.807, 2.05) is 24.3 Å². The van der Waals surface area contributed by atoms with Crippen LogP contribution in [0.4, 0.5) is 5.69 Å². The van der Waals surface area contributed by atoms with Crippen LogP contribution in [-0.2, 0) is 27.2 Å². The molecule has 1 heterocycles. The molecule has 2 aliphatic rings. The van der Waals surface area contributed by atoms with Gasteiger partial charge in [0.2, 0.25) is 0 Å². The average molecular weight is 379 g/mol. The fourth-order valence-electron chi connectivity index (χ4n) is 3.36. The molecule has 1 N–H and O–H groups in total. The molecule has 0 saturated carbocycles. The second kappa shape index (κ2) is 8.17. The molecule has 0 atom stereocenters. The first-order valence-corrected chi connectivity index (χ1v) is 9.33. The van der Waals surface area contributed by atoms with Crippen LogP contribution < -0.4 is 14.8 Å². The molecule has 0 fully saturated rings. The Morgan fingerprint density at radius 2 is 1.82 bits per heavy atom. The number of aryl methyl sites for hydroxylation is 2. The molecule has 6 heteroatoms. The van der Waals surface area contributed by atoms with E-state index in [1.165, 1.54) is 17.2 Å². The number of carbonyl (C=O) groups is 2. The lowest BCUT2D eigenvalue weighted by molar-refractivity contribution is -0.142. The summed E-state index contributed by atoms with van der Waals surface area (Å²) in [6.07, 6.45) is 6.18. The highest BCUT2D eigenvalue weighted by molar-refractivity contribution is 5.94. The highest BCUT2D eigenvalue weighted by Gasteiger charge is 2.13. The summed E-state index contributed by atoms with van der Waals surface area (Å²) in [5, 5.41) is 2.76. The van der Waals surface area contributed by atoms with Crippen molar-refractivity contribution in [3.63, 3.8) is 0 Å². The van der Waals surface area contributed by atoms with Gasteiger partial charge in [-0.05, 0) is 66.3 Å². The maximum atomic E-state index is 12.0. The van der Waals surface area contributed by atoms with Gasteiger partial charge in [-0.25, -0.2) is 4.79 Å². The quantitative estimate of drug-likeness (QED) is 0.638. The van der Waals surface area contributed by atoms with Crippen LogP contribution in [0.15, 0.2) is 42.5 Å². The van der Waals surface area contributed by atoms with Crippen molar-refractivity contribution >= 4 is 23.6 Å². The van der Waals surface area contributed by atoms with E-state index in [0.717, 1.165) is 30.5 Å². The highest BCUT2D eigenvalue weighted by Crippen LogP contribution is 2.31. The molecule has 1 aliphatic carbocycles. The van der Waals surface area contributed by atoms with E-state index in [1.54, 1.807) is 18.2 Å². The summed E-state index contributed by atoms with van der Waals surface area (Å²) < 4.78 is 16.0. The summed E-state index contributed by atoms with van der Waals surface area (Å²) >= 11 is 0. The Bertz CT molecular complexity index is 935. The number of nitrogens with one attached hydrogen (secondary N) is 1. The predicted molar refractivity (Wildman–Crippen MR) is 105 cm³/mol. The van der Waals surface area contributed by atoms with Crippen molar-refractivity contribution in [2.45, 2.75) is 19.3 Å². The standard InChI is InChI=1S/C22H21NO5/c24-21(23-18-7-6-16-2-1-3-17(16)13-18)14-28-22(25)9-5-15-4-8-19-20(12-15)27-11-10-26-19/h4-9,12-13H,1-3,10-11,14H2,(H,23,24)/b9-5+. The number of benzene rings is 2. The van der Waals surface area contributed by atoms with E-state index in [4.69, 9.17) is 14.2 Å². The molecule has 6 nitrogen and oxygen atoms in total. The molecule has 1 aliphatic heterocycles. The van der Waals surface area contributed by atoms with Gasteiger partial charge in [0.15, 0.2) is 18.1 Å². The molecular weight excluding hydrogens is 358 g/mol. The number of fused-ring (bicyclic) bond motifs is 2. The summed E-state index contributed by atoms with van der Waals surface area (Å²) in [4.78, 5) is 23.9. The Labute approximate surface area is 163 Å². The van der Waals surface area contributed by atoms with Crippen molar-refractivity contribution < 1.29 is 23.8 Å². The molecule has 0 unspecified atom stereocenters. The molecule has 1 amide bonds. The van der Waals surface area contributed by atoms with Gasteiger partial charge in [-0.1, -0.05) is 12.1 Å². The molecule has 0 aromatic heterocycles.